The van der Waals surface area contributed by atoms with E-state index in [4.69, 9.17) is 9.97 Å². The lowest BCUT2D eigenvalue weighted by molar-refractivity contribution is 0.535. The molecule has 0 aliphatic carbocycles. The van der Waals surface area contributed by atoms with Gasteiger partial charge >= 0.3 is 0 Å². The van der Waals surface area contributed by atoms with Gasteiger partial charge in [0.2, 0.25) is 5.95 Å². The van der Waals surface area contributed by atoms with E-state index in [1.54, 1.807) is 0 Å². The topological polar surface area (TPSA) is 87.9 Å². The summed E-state index contributed by atoms with van der Waals surface area (Å²) >= 11 is 0. The standard InChI is InChI=1S/C21H32N6OSi/c1-6-17(13-29(4,5)28)24-21-25-19(22-12-16-10-8-7-9-11-16)18-20(26-21)27(14-23-18)15(2)3/h7-11,14-15,17,28H,6,12-13H2,1-5H3,(H2,22,24,25,26)/t17-/m1/s1. The molecular formula is C21H32N6OSi. The lowest BCUT2D eigenvalue weighted by Crippen LogP contribution is -2.34. The second kappa shape index (κ2) is 8.92. The van der Waals surface area contributed by atoms with Gasteiger partial charge in [0, 0.05) is 18.6 Å². The van der Waals surface area contributed by atoms with Crippen molar-refractivity contribution in [2.45, 2.75) is 65.0 Å². The van der Waals surface area contributed by atoms with Crippen LogP contribution in [0.4, 0.5) is 11.8 Å². The second-order valence-electron chi connectivity index (χ2n) is 8.42. The van der Waals surface area contributed by atoms with E-state index in [1.807, 2.05) is 37.6 Å². The maximum absolute atomic E-state index is 10.3. The molecule has 1 atom stereocenters. The molecule has 0 spiro atoms. The molecular weight excluding hydrogens is 380 g/mol. The van der Waals surface area contributed by atoms with Crippen molar-refractivity contribution in [3.63, 3.8) is 0 Å². The fourth-order valence-electron chi connectivity index (χ4n) is 3.35. The van der Waals surface area contributed by atoms with E-state index in [0.717, 1.165) is 29.4 Å². The maximum atomic E-state index is 10.3. The van der Waals surface area contributed by atoms with Crippen molar-refractivity contribution in [1.29, 1.82) is 0 Å². The van der Waals surface area contributed by atoms with Crippen molar-refractivity contribution in [2.24, 2.45) is 0 Å². The summed E-state index contributed by atoms with van der Waals surface area (Å²) in [4.78, 5) is 24.4. The minimum absolute atomic E-state index is 0.136. The van der Waals surface area contributed by atoms with E-state index in [1.165, 1.54) is 5.56 Å². The van der Waals surface area contributed by atoms with Gasteiger partial charge in [0.05, 0.1) is 6.33 Å². The normalized spacial score (nSPS) is 13.1. The Labute approximate surface area is 173 Å². The molecule has 0 fully saturated rings. The monoisotopic (exact) mass is 412 g/mol. The van der Waals surface area contributed by atoms with Crippen LogP contribution in [0.15, 0.2) is 36.7 Å². The van der Waals surface area contributed by atoms with Gasteiger partial charge in [-0.05, 0) is 45.0 Å². The molecule has 0 aliphatic rings. The predicted molar refractivity (Wildman–Crippen MR) is 122 cm³/mol. The van der Waals surface area contributed by atoms with Gasteiger partial charge in [-0.15, -0.1) is 0 Å². The van der Waals surface area contributed by atoms with Crippen LogP contribution in [0, 0.1) is 0 Å². The van der Waals surface area contributed by atoms with Crippen LogP contribution in [0.3, 0.4) is 0 Å². The highest BCUT2D eigenvalue weighted by Gasteiger charge is 2.23. The van der Waals surface area contributed by atoms with E-state index < -0.39 is 8.32 Å². The zero-order chi connectivity index (χ0) is 21.0. The molecule has 3 rings (SSSR count). The molecule has 0 saturated carbocycles. The Morgan fingerprint density at radius 3 is 2.48 bits per heavy atom. The van der Waals surface area contributed by atoms with Crippen molar-refractivity contribution >= 4 is 31.2 Å². The highest BCUT2D eigenvalue weighted by Crippen LogP contribution is 2.25. The number of fused-ring (bicyclic) bond motifs is 1. The number of anilines is 2. The maximum Gasteiger partial charge on any atom is 0.226 e. The first-order valence-corrected chi connectivity index (χ1v) is 13.4. The van der Waals surface area contributed by atoms with Crippen LogP contribution in [-0.2, 0) is 6.54 Å². The van der Waals surface area contributed by atoms with Gasteiger partial charge in [0.15, 0.2) is 25.3 Å². The fourth-order valence-corrected chi connectivity index (χ4v) is 4.94. The molecule has 156 valence electrons. The third-order valence-electron chi connectivity index (χ3n) is 4.85. The van der Waals surface area contributed by atoms with Gasteiger partial charge in [-0.3, -0.25) is 0 Å². The molecule has 2 heterocycles. The average Bonchev–Trinajstić information content (AvgIpc) is 3.09. The van der Waals surface area contributed by atoms with Crippen molar-refractivity contribution in [3.05, 3.63) is 42.2 Å². The molecule has 0 bridgehead atoms. The van der Waals surface area contributed by atoms with E-state index >= 15 is 0 Å². The summed E-state index contributed by atoms with van der Waals surface area (Å²) in [5.41, 5.74) is 2.75. The Kier molecular flexibility index (Phi) is 6.54. The number of aromatic nitrogens is 4. The van der Waals surface area contributed by atoms with E-state index in [9.17, 15) is 4.80 Å². The number of benzene rings is 1. The van der Waals surface area contributed by atoms with Crippen LogP contribution in [0.5, 0.6) is 0 Å². The van der Waals surface area contributed by atoms with Crippen LogP contribution in [-0.4, -0.2) is 38.7 Å². The Morgan fingerprint density at radius 2 is 1.86 bits per heavy atom. The van der Waals surface area contributed by atoms with Crippen molar-refractivity contribution in [1.82, 2.24) is 19.5 Å². The summed E-state index contributed by atoms with van der Waals surface area (Å²) < 4.78 is 2.06. The SMILES string of the molecule is CC[C@H](C[Si](C)(C)O)Nc1nc(NCc2ccccc2)c2ncn(C(C)C)c2n1. The molecule has 7 nitrogen and oxygen atoms in total. The van der Waals surface area contributed by atoms with Crippen LogP contribution in [0.1, 0.15) is 38.8 Å². The summed E-state index contributed by atoms with van der Waals surface area (Å²) in [6.45, 7) is 10.9. The molecule has 2 aromatic heterocycles. The second-order valence-corrected chi connectivity index (χ2v) is 12.5. The van der Waals surface area contributed by atoms with Gasteiger partial charge in [0.25, 0.3) is 0 Å². The van der Waals surface area contributed by atoms with Gasteiger partial charge in [0.1, 0.15) is 0 Å². The van der Waals surface area contributed by atoms with E-state index in [-0.39, 0.29) is 12.1 Å². The first-order chi connectivity index (χ1) is 13.8. The van der Waals surface area contributed by atoms with Gasteiger partial charge in [-0.25, -0.2) is 4.98 Å². The number of rotatable bonds is 9. The number of nitrogens with one attached hydrogen (secondary N) is 2. The zero-order valence-electron chi connectivity index (χ0n) is 18.0. The van der Waals surface area contributed by atoms with Crippen LogP contribution in [0.2, 0.25) is 19.1 Å². The first-order valence-electron chi connectivity index (χ1n) is 10.3. The molecule has 8 heteroatoms. The summed E-state index contributed by atoms with van der Waals surface area (Å²) in [6, 6.07) is 11.4. The molecule has 3 N–H and O–H groups in total. The highest BCUT2D eigenvalue weighted by atomic mass is 28.4. The van der Waals surface area contributed by atoms with E-state index in [0.29, 0.717) is 12.5 Å². The van der Waals surface area contributed by atoms with Crippen LogP contribution < -0.4 is 10.6 Å². The lowest BCUT2D eigenvalue weighted by atomic mass is 10.2. The zero-order valence-corrected chi connectivity index (χ0v) is 19.0. The molecule has 0 unspecified atom stereocenters. The summed E-state index contributed by atoms with van der Waals surface area (Å²) in [5, 5.41) is 6.87. The third kappa shape index (κ3) is 5.54. The Morgan fingerprint density at radius 1 is 1.14 bits per heavy atom. The Bertz CT molecular complexity index is 935. The van der Waals surface area contributed by atoms with E-state index in [2.05, 4.69) is 53.1 Å². The van der Waals surface area contributed by atoms with Gasteiger partial charge in [-0.1, -0.05) is 37.3 Å². The molecule has 0 radical (unpaired) electrons. The minimum Gasteiger partial charge on any atom is -0.432 e. The number of hydrogen-bond donors (Lipinski definition) is 3. The van der Waals surface area contributed by atoms with Gasteiger partial charge in [-0.2, -0.15) is 9.97 Å². The van der Waals surface area contributed by atoms with Crippen molar-refractivity contribution in [3.8, 4) is 0 Å². The summed E-state index contributed by atoms with van der Waals surface area (Å²) in [6.07, 6.45) is 2.72. The first kappa shape index (κ1) is 21.3. The fraction of sp³-hybridized carbons (Fsp3) is 0.476. The number of imidazole rings is 1. The molecule has 1 aromatic carbocycles. The third-order valence-corrected chi connectivity index (χ3v) is 6.34. The Hall–Kier alpha value is -2.45. The lowest BCUT2D eigenvalue weighted by Gasteiger charge is -2.23. The van der Waals surface area contributed by atoms with Crippen LogP contribution in [0.25, 0.3) is 11.2 Å². The average molecular weight is 413 g/mol. The molecule has 3 aromatic rings. The molecule has 0 aliphatic heterocycles. The van der Waals surface area contributed by atoms with Gasteiger partial charge < -0.3 is 20.0 Å². The van der Waals surface area contributed by atoms with Crippen LogP contribution >= 0.6 is 0 Å². The smallest absolute Gasteiger partial charge is 0.226 e. The largest absolute Gasteiger partial charge is 0.432 e. The molecule has 0 saturated heterocycles. The van der Waals surface area contributed by atoms with Crippen molar-refractivity contribution < 1.29 is 4.80 Å². The predicted octanol–water partition coefficient (Wildman–Crippen LogP) is 4.41. The van der Waals surface area contributed by atoms with Crippen molar-refractivity contribution in [2.75, 3.05) is 10.6 Å². The molecule has 29 heavy (non-hydrogen) atoms. The summed E-state index contributed by atoms with van der Waals surface area (Å²) in [7, 11) is -2.19. The molecule has 0 amide bonds. The highest BCUT2D eigenvalue weighted by molar-refractivity contribution is 6.70. The summed E-state index contributed by atoms with van der Waals surface area (Å²) in [5.74, 6) is 1.29. The quantitative estimate of drug-likeness (QED) is 0.451. The number of hydrogen-bond acceptors (Lipinski definition) is 6. The minimum atomic E-state index is -2.19. The Balaban J connectivity index is 1.93. The number of nitrogens with zero attached hydrogens (tertiary/aromatic N) is 4.